The Bertz CT molecular complexity index is 530. The van der Waals surface area contributed by atoms with Crippen molar-refractivity contribution in [3.8, 4) is 0 Å². The van der Waals surface area contributed by atoms with Crippen molar-refractivity contribution in [3.63, 3.8) is 0 Å². The van der Waals surface area contributed by atoms with Crippen LogP contribution in [0.1, 0.15) is 31.4 Å². The van der Waals surface area contributed by atoms with Gasteiger partial charge in [-0.2, -0.15) is 5.10 Å². The zero-order chi connectivity index (χ0) is 14.1. The minimum Gasteiger partial charge on any atom is -0.302 e. The Labute approximate surface area is 129 Å². The van der Waals surface area contributed by atoms with Crippen molar-refractivity contribution in [3.05, 3.63) is 33.8 Å². The summed E-state index contributed by atoms with van der Waals surface area (Å²) in [6, 6.07) is 6.09. The van der Waals surface area contributed by atoms with Gasteiger partial charge in [0, 0.05) is 31.1 Å². The highest BCUT2D eigenvalue weighted by Gasteiger charge is 2.36. The van der Waals surface area contributed by atoms with E-state index in [0.717, 1.165) is 26.1 Å². The van der Waals surface area contributed by atoms with Crippen LogP contribution in [0.25, 0.3) is 0 Å². The summed E-state index contributed by atoms with van der Waals surface area (Å²) < 4.78 is 0. The topological polar surface area (TPSA) is 27.6 Å². The lowest BCUT2D eigenvalue weighted by Gasteiger charge is -2.33. The van der Waals surface area contributed by atoms with Crippen LogP contribution in [-0.2, 0) is 0 Å². The molecule has 5 heteroatoms. The zero-order valence-electron chi connectivity index (χ0n) is 11.6. The Hall–Kier alpha value is -0.770. The molecule has 2 unspecified atom stereocenters. The highest BCUT2D eigenvalue weighted by molar-refractivity contribution is 6.42. The number of hydrogen-bond acceptors (Lipinski definition) is 3. The number of hydrazone groups is 1. The Morgan fingerprint density at radius 1 is 1.35 bits per heavy atom. The Morgan fingerprint density at radius 2 is 2.20 bits per heavy atom. The normalized spacial score (nSPS) is 26.1. The lowest BCUT2D eigenvalue weighted by molar-refractivity contribution is 0.228. The molecule has 108 valence electrons. The predicted molar refractivity (Wildman–Crippen MR) is 84.6 cm³/mol. The first-order valence-electron chi connectivity index (χ1n) is 7.18. The van der Waals surface area contributed by atoms with Gasteiger partial charge in [0.1, 0.15) is 0 Å². The molecule has 3 nitrogen and oxygen atoms in total. The minimum atomic E-state index is 0.222. The van der Waals surface area contributed by atoms with Gasteiger partial charge in [0.2, 0.25) is 0 Å². The molecular weight excluding hydrogens is 293 g/mol. The maximum atomic E-state index is 6.14. The van der Waals surface area contributed by atoms with Gasteiger partial charge in [-0.25, -0.2) is 0 Å². The molecule has 0 aromatic heterocycles. The monoisotopic (exact) mass is 311 g/mol. The first-order valence-corrected chi connectivity index (χ1v) is 7.94. The standard InChI is InChI=1S/C15H19Cl2N3/c1-2-6-20-7-5-14-11(9-20)15(19-18-14)10-3-4-12(16)13(17)8-10/h3-4,8,11,15,19H,2,5-7,9H2,1H3. The molecule has 2 heterocycles. The molecule has 1 aromatic rings. The maximum absolute atomic E-state index is 6.14. The van der Waals surface area contributed by atoms with E-state index in [1.54, 1.807) is 0 Å². The molecule has 0 saturated carbocycles. The van der Waals surface area contributed by atoms with E-state index < -0.39 is 0 Å². The Balaban J connectivity index is 1.79. The molecule has 0 aliphatic carbocycles. The van der Waals surface area contributed by atoms with Crippen LogP contribution in [0.3, 0.4) is 0 Å². The summed E-state index contributed by atoms with van der Waals surface area (Å²) in [6.45, 7) is 5.59. The van der Waals surface area contributed by atoms with E-state index >= 15 is 0 Å². The average Bonchev–Trinajstić information content (AvgIpc) is 2.85. The summed E-state index contributed by atoms with van der Waals surface area (Å²) in [6.07, 6.45) is 2.26. The van der Waals surface area contributed by atoms with Gasteiger partial charge in [0.15, 0.2) is 0 Å². The highest BCUT2D eigenvalue weighted by atomic mass is 35.5. The number of rotatable bonds is 3. The molecule has 1 fully saturated rings. The van der Waals surface area contributed by atoms with Gasteiger partial charge in [0.25, 0.3) is 0 Å². The quantitative estimate of drug-likeness (QED) is 0.921. The van der Waals surface area contributed by atoms with E-state index in [2.05, 4.69) is 22.4 Å². The zero-order valence-corrected chi connectivity index (χ0v) is 13.1. The third-order valence-electron chi connectivity index (χ3n) is 4.16. The lowest BCUT2D eigenvalue weighted by atomic mass is 9.86. The summed E-state index contributed by atoms with van der Waals surface area (Å²) in [4.78, 5) is 2.53. The van der Waals surface area contributed by atoms with E-state index in [-0.39, 0.29) is 6.04 Å². The first kappa shape index (κ1) is 14.2. The third kappa shape index (κ3) is 2.67. The Morgan fingerprint density at radius 3 is 2.95 bits per heavy atom. The number of nitrogens with one attached hydrogen (secondary N) is 1. The molecule has 2 aliphatic rings. The van der Waals surface area contributed by atoms with Crippen molar-refractivity contribution in [1.82, 2.24) is 10.3 Å². The van der Waals surface area contributed by atoms with Crippen LogP contribution in [0.4, 0.5) is 0 Å². The molecule has 1 aromatic carbocycles. The van der Waals surface area contributed by atoms with Gasteiger partial charge in [-0.3, -0.25) is 0 Å². The van der Waals surface area contributed by atoms with Gasteiger partial charge in [-0.15, -0.1) is 0 Å². The molecule has 1 N–H and O–H groups in total. The molecule has 0 bridgehead atoms. The van der Waals surface area contributed by atoms with Gasteiger partial charge < -0.3 is 10.3 Å². The molecule has 2 aliphatic heterocycles. The van der Waals surface area contributed by atoms with Crippen LogP contribution in [0.15, 0.2) is 23.3 Å². The number of piperidine rings is 1. The van der Waals surface area contributed by atoms with Crippen LogP contribution >= 0.6 is 23.2 Å². The fourth-order valence-corrected chi connectivity index (χ4v) is 3.45. The summed E-state index contributed by atoms with van der Waals surface area (Å²) in [5.74, 6) is 0.451. The van der Waals surface area contributed by atoms with Crippen LogP contribution in [-0.4, -0.2) is 30.2 Å². The maximum Gasteiger partial charge on any atom is 0.0783 e. The van der Waals surface area contributed by atoms with Crippen LogP contribution in [0, 0.1) is 5.92 Å². The number of benzene rings is 1. The van der Waals surface area contributed by atoms with E-state index in [0.29, 0.717) is 16.0 Å². The minimum absolute atomic E-state index is 0.222. The summed E-state index contributed by atoms with van der Waals surface area (Å²) in [7, 11) is 0. The molecule has 3 rings (SSSR count). The van der Waals surface area contributed by atoms with Gasteiger partial charge in [0.05, 0.1) is 16.1 Å². The van der Waals surface area contributed by atoms with E-state index in [4.69, 9.17) is 23.2 Å². The van der Waals surface area contributed by atoms with E-state index in [9.17, 15) is 0 Å². The van der Waals surface area contributed by atoms with Gasteiger partial charge in [-0.05, 0) is 30.7 Å². The largest absolute Gasteiger partial charge is 0.302 e. The van der Waals surface area contributed by atoms with Crippen molar-refractivity contribution in [2.24, 2.45) is 11.0 Å². The molecule has 0 spiro atoms. The van der Waals surface area contributed by atoms with Crippen molar-refractivity contribution in [2.75, 3.05) is 19.6 Å². The fourth-order valence-electron chi connectivity index (χ4n) is 3.14. The summed E-state index contributed by atoms with van der Waals surface area (Å²) in [5, 5.41) is 5.74. The second-order valence-corrected chi connectivity index (χ2v) is 6.35. The second kappa shape index (κ2) is 5.92. The van der Waals surface area contributed by atoms with Crippen molar-refractivity contribution < 1.29 is 0 Å². The van der Waals surface area contributed by atoms with Crippen molar-refractivity contribution in [1.29, 1.82) is 0 Å². The average molecular weight is 312 g/mol. The number of halogens is 2. The Kier molecular flexibility index (Phi) is 4.20. The number of fused-ring (bicyclic) bond motifs is 1. The number of hydrogen-bond donors (Lipinski definition) is 1. The van der Waals surface area contributed by atoms with Gasteiger partial charge in [-0.1, -0.05) is 36.2 Å². The summed E-state index contributed by atoms with van der Waals surface area (Å²) >= 11 is 12.1. The highest BCUT2D eigenvalue weighted by Crippen LogP contribution is 2.34. The number of nitrogens with zero attached hydrogens (tertiary/aromatic N) is 2. The van der Waals surface area contributed by atoms with Crippen molar-refractivity contribution >= 4 is 28.9 Å². The molecular formula is C15H19Cl2N3. The predicted octanol–water partition coefficient (Wildman–Crippen LogP) is 3.73. The SMILES string of the molecule is CCCN1CCC2=NNC(c3ccc(Cl)c(Cl)c3)C2C1. The lowest BCUT2D eigenvalue weighted by Crippen LogP contribution is -2.42. The number of likely N-dealkylation sites (tertiary alicyclic amines) is 1. The van der Waals surface area contributed by atoms with Crippen LogP contribution in [0.5, 0.6) is 0 Å². The summed E-state index contributed by atoms with van der Waals surface area (Å²) in [5.41, 5.74) is 5.75. The first-order chi connectivity index (χ1) is 9.69. The van der Waals surface area contributed by atoms with Gasteiger partial charge >= 0.3 is 0 Å². The molecule has 0 radical (unpaired) electrons. The molecule has 0 amide bonds. The van der Waals surface area contributed by atoms with Crippen LogP contribution in [0.2, 0.25) is 10.0 Å². The van der Waals surface area contributed by atoms with E-state index in [1.165, 1.54) is 17.7 Å². The fraction of sp³-hybridized carbons (Fsp3) is 0.533. The van der Waals surface area contributed by atoms with Crippen LogP contribution < -0.4 is 5.43 Å². The molecule has 2 atom stereocenters. The smallest absolute Gasteiger partial charge is 0.0783 e. The molecule has 1 saturated heterocycles. The van der Waals surface area contributed by atoms with Crippen molar-refractivity contribution in [2.45, 2.75) is 25.8 Å². The third-order valence-corrected chi connectivity index (χ3v) is 4.90. The molecule has 20 heavy (non-hydrogen) atoms. The van der Waals surface area contributed by atoms with E-state index in [1.807, 2.05) is 18.2 Å². The second-order valence-electron chi connectivity index (χ2n) is 5.54.